The summed E-state index contributed by atoms with van der Waals surface area (Å²) in [5, 5.41) is 2.12. The van der Waals surface area contributed by atoms with Gasteiger partial charge in [-0.1, -0.05) is 17.7 Å². The van der Waals surface area contributed by atoms with Gasteiger partial charge in [0.05, 0.1) is 17.0 Å². The molecule has 0 aliphatic heterocycles. The van der Waals surface area contributed by atoms with Crippen molar-refractivity contribution in [2.45, 2.75) is 18.0 Å². The van der Waals surface area contributed by atoms with Crippen LogP contribution in [0.4, 0.5) is 19.0 Å². The van der Waals surface area contributed by atoms with Gasteiger partial charge in [-0.25, -0.2) is 13.4 Å². The fourth-order valence-electron chi connectivity index (χ4n) is 2.13. The average molecular weight is 422 g/mol. The summed E-state index contributed by atoms with van der Waals surface area (Å²) < 4.78 is 65.1. The van der Waals surface area contributed by atoms with Crippen molar-refractivity contribution in [1.82, 2.24) is 9.29 Å². The Morgan fingerprint density at radius 3 is 2.48 bits per heavy atom. The van der Waals surface area contributed by atoms with Crippen LogP contribution in [-0.4, -0.2) is 37.2 Å². The number of nitrogens with zero attached hydrogens (tertiary/aromatic N) is 2. The maximum Gasteiger partial charge on any atom is 0.417 e. The monoisotopic (exact) mass is 421 g/mol. The molecule has 0 bridgehead atoms. The molecule has 0 radical (unpaired) electrons. The average Bonchev–Trinajstić information content (AvgIpc) is 2.55. The van der Waals surface area contributed by atoms with E-state index in [1.807, 2.05) is 0 Å². The van der Waals surface area contributed by atoms with E-state index in [2.05, 4.69) is 10.3 Å². The summed E-state index contributed by atoms with van der Waals surface area (Å²) in [6.45, 7) is 1.10. The van der Waals surface area contributed by atoms with Crippen molar-refractivity contribution >= 4 is 33.3 Å². The summed E-state index contributed by atoms with van der Waals surface area (Å²) in [4.78, 5) is 15.0. The first-order valence-corrected chi connectivity index (χ1v) is 9.28. The zero-order valence-electron chi connectivity index (χ0n) is 14.2. The highest BCUT2D eigenvalue weighted by Gasteiger charge is 2.39. The normalized spacial score (nSPS) is 12.3. The zero-order chi connectivity index (χ0) is 20.4. The number of rotatable bonds is 5. The van der Waals surface area contributed by atoms with E-state index in [9.17, 15) is 26.4 Å². The summed E-state index contributed by atoms with van der Waals surface area (Å²) in [5.41, 5.74) is -0.544. The fraction of sp³-hybridized carbons (Fsp3) is 0.250. The number of halogens is 4. The summed E-state index contributed by atoms with van der Waals surface area (Å²) >= 11 is 5.56. The molecular formula is C16H15ClF3N3O3S. The second-order valence-electron chi connectivity index (χ2n) is 5.67. The first kappa shape index (κ1) is 21.1. The molecule has 0 fully saturated rings. The topological polar surface area (TPSA) is 79.4 Å². The van der Waals surface area contributed by atoms with Crippen molar-refractivity contribution in [2.75, 3.05) is 18.9 Å². The zero-order valence-corrected chi connectivity index (χ0v) is 15.8. The molecule has 0 atom stereocenters. The number of alkyl halides is 3. The number of benzene rings is 1. The van der Waals surface area contributed by atoms with E-state index in [0.717, 1.165) is 24.7 Å². The van der Waals surface area contributed by atoms with Gasteiger partial charge in [0.15, 0.2) is 0 Å². The number of hydrogen-bond donors (Lipinski definition) is 1. The van der Waals surface area contributed by atoms with Crippen LogP contribution in [0.2, 0.25) is 5.02 Å². The Morgan fingerprint density at radius 2 is 1.93 bits per heavy atom. The number of pyridine rings is 1. The summed E-state index contributed by atoms with van der Waals surface area (Å²) in [5.74, 6) is -0.557. The smallest absolute Gasteiger partial charge is 0.310 e. The van der Waals surface area contributed by atoms with Gasteiger partial charge in [0.25, 0.3) is 0 Å². The maximum atomic E-state index is 13.2. The van der Waals surface area contributed by atoms with Crippen LogP contribution >= 0.6 is 11.6 Å². The number of carbonyl (C=O) groups is 1. The molecule has 2 rings (SSSR count). The Hall–Kier alpha value is -2.17. The first-order valence-electron chi connectivity index (χ1n) is 7.47. The predicted molar refractivity (Wildman–Crippen MR) is 93.9 cm³/mol. The molecule has 11 heteroatoms. The lowest BCUT2D eigenvalue weighted by atomic mass is 10.2. The van der Waals surface area contributed by atoms with Crippen LogP contribution in [0, 0.1) is 6.92 Å². The Kier molecular flexibility index (Phi) is 6.13. The minimum atomic E-state index is -4.93. The molecule has 2 aromatic rings. The molecule has 1 amide bonds. The minimum absolute atomic E-state index is 0.193. The van der Waals surface area contributed by atoms with Gasteiger partial charge in [0.2, 0.25) is 15.9 Å². The van der Waals surface area contributed by atoms with E-state index in [1.54, 1.807) is 13.0 Å². The van der Waals surface area contributed by atoms with Crippen LogP contribution in [0.5, 0.6) is 0 Å². The van der Waals surface area contributed by atoms with Gasteiger partial charge >= 0.3 is 6.18 Å². The van der Waals surface area contributed by atoms with Gasteiger partial charge < -0.3 is 5.32 Å². The molecule has 146 valence electrons. The Morgan fingerprint density at radius 1 is 1.26 bits per heavy atom. The Balaban J connectivity index is 2.24. The predicted octanol–water partition coefficient (Wildman–Crippen LogP) is 3.32. The molecule has 0 saturated carbocycles. The molecular weight excluding hydrogens is 407 g/mol. The van der Waals surface area contributed by atoms with Crippen molar-refractivity contribution in [2.24, 2.45) is 0 Å². The molecule has 27 heavy (non-hydrogen) atoms. The first-order chi connectivity index (χ1) is 12.4. The highest BCUT2D eigenvalue weighted by molar-refractivity contribution is 7.89. The molecule has 0 unspecified atom stereocenters. The molecule has 0 spiro atoms. The number of amides is 1. The van der Waals surface area contributed by atoms with E-state index in [1.165, 1.54) is 12.3 Å². The standard InChI is InChI=1S/C16H15ClF3N3O3S/c1-10-3-6-14(21-8-10)22-15(24)9-23(2)27(25,26)13-5-4-11(17)7-12(13)16(18,19)20/h3-8H,9H2,1-2H3,(H,21,22,24). The lowest BCUT2D eigenvalue weighted by Gasteiger charge is -2.20. The van der Waals surface area contributed by atoms with E-state index in [4.69, 9.17) is 11.6 Å². The summed E-state index contributed by atoms with van der Waals surface area (Å²) in [6, 6.07) is 5.53. The van der Waals surface area contributed by atoms with E-state index < -0.39 is 39.1 Å². The molecule has 1 aromatic heterocycles. The molecule has 6 nitrogen and oxygen atoms in total. The Labute approximate surface area is 159 Å². The molecule has 0 aliphatic rings. The van der Waals surface area contributed by atoms with Crippen LogP contribution in [0.3, 0.4) is 0 Å². The highest BCUT2D eigenvalue weighted by atomic mass is 35.5. The minimum Gasteiger partial charge on any atom is -0.310 e. The molecule has 1 heterocycles. The number of carbonyl (C=O) groups excluding carboxylic acids is 1. The molecule has 1 aromatic carbocycles. The van der Waals surface area contributed by atoms with Crippen molar-refractivity contribution in [3.05, 3.63) is 52.7 Å². The number of nitrogens with one attached hydrogen (secondary N) is 1. The van der Waals surface area contributed by atoms with Crippen LogP contribution in [0.1, 0.15) is 11.1 Å². The third-order valence-corrected chi connectivity index (χ3v) is 5.58. The van der Waals surface area contributed by atoms with E-state index >= 15 is 0 Å². The van der Waals surface area contributed by atoms with Crippen LogP contribution in [0.25, 0.3) is 0 Å². The largest absolute Gasteiger partial charge is 0.417 e. The Bertz CT molecular complexity index is 948. The third kappa shape index (κ3) is 5.18. The number of sulfonamides is 1. The molecule has 1 N–H and O–H groups in total. The lowest BCUT2D eigenvalue weighted by Crippen LogP contribution is -2.36. The van der Waals surface area contributed by atoms with Gasteiger partial charge in [-0.2, -0.15) is 17.5 Å². The van der Waals surface area contributed by atoms with Crippen molar-refractivity contribution in [1.29, 1.82) is 0 Å². The van der Waals surface area contributed by atoms with Crippen molar-refractivity contribution < 1.29 is 26.4 Å². The maximum absolute atomic E-state index is 13.2. The van der Waals surface area contributed by atoms with Gasteiger partial charge in [-0.3, -0.25) is 4.79 Å². The highest BCUT2D eigenvalue weighted by Crippen LogP contribution is 2.36. The summed E-state index contributed by atoms with van der Waals surface area (Å²) in [6.07, 6.45) is -3.43. The number of hydrogen-bond acceptors (Lipinski definition) is 4. The second kappa shape index (κ2) is 7.83. The van der Waals surface area contributed by atoms with E-state index in [0.29, 0.717) is 10.4 Å². The van der Waals surface area contributed by atoms with E-state index in [-0.39, 0.29) is 10.8 Å². The van der Waals surface area contributed by atoms with Crippen molar-refractivity contribution in [3.63, 3.8) is 0 Å². The number of aromatic nitrogens is 1. The molecule has 0 saturated heterocycles. The third-order valence-electron chi connectivity index (χ3n) is 3.48. The SMILES string of the molecule is Cc1ccc(NC(=O)CN(C)S(=O)(=O)c2ccc(Cl)cc2C(F)(F)F)nc1. The van der Waals surface area contributed by atoms with Gasteiger partial charge in [-0.05, 0) is 36.8 Å². The second-order valence-corrected chi connectivity index (χ2v) is 8.12. The number of aryl methyl sites for hydroxylation is 1. The lowest BCUT2D eigenvalue weighted by molar-refractivity contribution is -0.139. The quantitative estimate of drug-likeness (QED) is 0.803. The van der Waals surface area contributed by atoms with Crippen molar-refractivity contribution in [3.8, 4) is 0 Å². The van der Waals surface area contributed by atoms with Gasteiger partial charge in [0, 0.05) is 18.3 Å². The number of anilines is 1. The molecule has 0 aliphatic carbocycles. The van der Waals surface area contributed by atoms with Gasteiger partial charge in [0.1, 0.15) is 5.82 Å². The van der Waals surface area contributed by atoms with Crippen LogP contribution < -0.4 is 5.32 Å². The summed E-state index contributed by atoms with van der Waals surface area (Å²) in [7, 11) is -3.58. The van der Waals surface area contributed by atoms with Crippen LogP contribution in [0.15, 0.2) is 41.4 Å². The fourth-order valence-corrected chi connectivity index (χ4v) is 3.62. The van der Waals surface area contributed by atoms with Gasteiger partial charge in [-0.15, -0.1) is 0 Å². The van der Waals surface area contributed by atoms with Crippen LogP contribution in [-0.2, 0) is 21.0 Å². The number of likely N-dealkylation sites (N-methyl/N-ethyl adjacent to an activating group) is 1.